The number of methoxy groups -OCH3 is 1. The molecule has 30 heavy (non-hydrogen) atoms. The van der Waals surface area contributed by atoms with E-state index in [0.717, 1.165) is 11.8 Å². The van der Waals surface area contributed by atoms with E-state index in [1.807, 2.05) is 32.0 Å². The Morgan fingerprint density at radius 2 is 1.90 bits per heavy atom. The van der Waals surface area contributed by atoms with Crippen molar-refractivity contribution in [2.75, 3.05) is 24.2 Å². The van der Waals surface area contributed by atoms with E-state index < -0.39 is 15.6 Å². The summed E-state index contributed by atoms with van der Waals surface area (Å²) in [5.41, 5.74) is 1.44. The predicted octanol–water partition coefficient (Wildman–Crippen LogP) is 3.51. The molecule has 0 unspecified atom stereocenters. The van der Waals surface area contributed by atoms with Gasteiger partial charge >= 0.3 is 0 Å². The molecule has 1 heterocycles. The number of benzene rings is 2. The fraction of sp³-hybridized carbons (Fsp3) is 0.409. The van der Waals surface area contributed by atoms with Gasteiger partial charge in [0.2, 0.25) is 10.0 Å². The summed E-state index contributed by atoms with van der Waals surface area (Å²) < 4.78 is 36.4. The van der Waals surface area contributed by atoms with Crippen LogP contribution in [0.2, 0.25) is 0 Å². The fourth-order valence-electron chi connectivity index (χ4n) is 3.72. The molecule has 1 amide bonds. The molecule has 162 valence electrons. The highest BCUT2D eigenvalue weighted by Crippen LogP contribution is 2.41. The maximum absolute atomic E-state index is 12.9. The average molecular weight is 433 g/mol. The summed E-state index contributed by atoms with van der Waals surface area (Å²) in [5.74, 6) is 1.16. The molecule has 0 saturated heterocycles. The Balaban J connectivity index is 1.82. The van der Waals surface area contributed by atoms with E-state index in [9.17, 15) is 13.2 Å². The van der Waals surface area contributed by atoms with Gasteiger partial charge in [-0.15, -0.1) is 0 Å². The fourth-order valence-corrected chi connectivity index (χ4v) is 4.69. The van der Waals surface area contributed by atoms with Crippen molar-refractivity contribution in [1.29, 1.82) is 0 Å². The van der Waals surface area contributed by atoms with Gasteiger partial charge in [-0.05, 0) is 57.2 Å². The summed E-state index contributed by atoms with van der Waals surface area (Å²) >= 11 is 0. The van der Waals surface area contributed by atoms with Gasteiger partial charge < -0.3 is 14.8 Å². The third-order valence-corrected chi connectivity index (χ3v) is 6.36. The van der Waals surface area contributed by atoms with Crippen LogP contribution < -0.4 is 19.1 Å². The van der Waals surface area contributed by atoms with E-state index in [4.69, 9.17) is 9.47 Å². The largest absolute Gasteiger partial charge is 0.497 e. The molecule has 8 heteroatoms. The number of nitrogens with zero attached hydrogens (tertiary/aromatic N) is 1. The van der Waals surface area contributed by atoms with E-state index in [1.54, 1.807) is 38.3 Å². The van der Waals surface area contributed by atoms with E-state index in [-0.39, 0.29) is 11.9 Å². The SMILES string of the molecule is CCN(c1ccc(C(=O)N[C@H]2CC(C)(C)Oc3cc(OC)ccc32)cc1)S(C)(=O)=O. The number of rotatable bonds is 6. The number of hydrogen-bond donors (Lipinski definition) is 1. The molecule has 2 aromatic rings. The van der Waals surface area contributed by atoms with Crippen LogP contribution in [0.3, 0.4) is 0 Å². The van der Waals surface area contributed by atoms with Crippen LogP contribution in [0.5, 0.6) is 11.5 Å². The molecular formula is C22H28N2O5S. The van der Waals surface area contributed by atoms with Crippen molar-refractivity contribution >= 4 is 21.6 Å². The summed E-state index contributed by atoms with van der Waals surface area (Å²) in [6.07, 6.45) is 1.78. The molecule has 0 saturated carbocycles. The molecule has 1 aliphatic heterocycles. The first-order valence-corrected chi connectivity index (χ1v) is 11.6. The number of fused-ring (bicyclic) bond motifs is 1. The van der Waals surface area contributed by atoms with Gasteiger partial charge in [0.15, 0.2) is 0 Å². The van der Waals surface area contributed by atoms with Gasteiger partial charge in [0, 0.05) is 30.2 Å². The van der Waals surface area contributed by atoms with E-state index >= 15 is 0 Å². The van der Waals surface area contributed by atoms with Crippen LogP contribution in [0.4, 0.5) is 5.69 Å². The normalized spacial score (nSPS) is 17.4. The molecule has 0 aliphatic carbocycles. The molecule has 3 rings (SSSR count). The van der Waals surface area contributed by atoms with Crippen molar-refractivity contribution in [2.45, 2.75) is 38.8 Å². The summed E-state index contributed by atoms with van der Waals surface area (Å²) in [4.78, 5) is 12.9. The lowest BCUT2D eigenvalue weighted by Crippen LogP contribution is -2.41. The Bertz CT molecular complexity index is 1030. The monoisotopic (exact) mass is 432 g/mol. The summed E-state index contributed by atoms with van der Waals surface area (Å²) in [6.45, 7) is 6.05. The Kier molecular flexibility index (Phi) is 5.99. The zero-order valence-electron chi connectivity index (χ0n) is 17.9. The number of sulfonamides is 1. The molecule has 7 nitrogen and oxygen atoms in total. The number of anilines is 1. The number of nitrogens with one attached hydrogen (secondary N) is 1. The maximum atomic E-state index is 12.9. The number of hydrogen-bond acceptors (Lipinski definition) is 5. The zero-order valence-corrected chi connectivity index (χ0v) is 18.7. The minimum Gasteiger partial charge on any atom is -0.497 e. The summed E-state index contributed by atoms with van der Waals surface area (Å²) in [5, 5.41) is 3.09. The van der Waals surface area contributed by atoms with Gasteiger partial charge in [-0.2, -0.15) is 0 Å². The summed E-state index contributed by atoms with van der Waals surface area (Å²) in [6, 6.07) is 11.9. The van der Waals surface area contributed by atoms with Crippen LogP contribution >= 0.6 is 0 Å². The molecule has 0 spiro atoms. The van der Waals surface area contributed by atoms with E-state index in [0.29, 0.717) is 35.7 Å². The van der Waals surface area contributed by atoms with E-state index in [1.165, 1.54) is 4.31 Å². The van der Waals surface area contributed by atoms with Crippen molar-refractivity contribution < 1.29 is 22.7 Å². The lowest BCUT2D eigenvalue weighted by atomic mass is 9.89. The lowest BCUT2D eigenvalue weighted by Gasteiger charge is -2.38. The van der Waals surface area contributed by atoms with Gasteiger partial charge in [-0.1, -0.05) is 0 Å². The second kappa shape index (κ2) is 8.18. The van der Waals surface area contributed by atoms with Crippen LogP contribution in [-0.2, 0) is 10.0 Å². The molecule has 1 N–H and O–H groups in total. The molecule has 0 radical (unpaired) electrons. The lowest BCUT2D eigenvalue weighted by molar-refractivity contribution is 0.0617. The minimum absolute atomic E-state index is 0.218. The number of carbonyl (C=O) groups excluding carboxylic acids is 1. The number of ether oxygens (including phenoxy) is 2. The maximum Gasteiger partial charge on any atom is 0.251 e. The van der Waals surface area contributed by atoms with Crippen LogP contribution in [0.1, 0.15) is 49.2 Å². The quantitative estimate of drug-likeness (QED) is 0.755. The smallest absolute Gasteiger partial charge is 0.251 e. The molecule has 0 fully saturated rings. The third-order valence-electron chi connectivity index (χ3n) is 5.09. The Morgan fingerprint density at radius 1 is 1.23 bits per heavy atom. The zero-order chi connectivity index (χ0) is 22.1. The Labute approximate surface area is 178 Å². The second-order valence-corrected chi connectivity index (χ2v) is 9.88. The average Bonchev–Trinajstić information content (AvgIpc) is 2.66. The minimum atomic E-state index is -3.37. The van der Waals surface area contributed by atoms with Gasteiger partial charge in [-0.25, -0.2) is 8.42 Å². The first kappa shape index (κ1) is 22.0. The third kappa shape index (κ3) is 4.70. The number of amides is 1. The molecule has 1 aliphatic rings. The first-order chi connectivity index (χ1) is 14.0. The highest BCUT2D eigenvalue weighted by Gasteiger charge is 2.35. The van der Waals surface area contributed by atoms with Crippen LogP contribution in [0, 0.1) is 0 Å². The molecule has 0 bridgehead atoms. The van der Waals surface area contributed by atoms with Crippen molar-refractivity contribution in [3.8, 4) is 11.5 Å². The van der Waals surface area contributed by atoms with Crippen molar-refractivity contribution in [2.24, 2.45) is 0 Å². The van der Waals surface area contributed by atoms with E-state index in [2.05, 4.69) is 5.32 Å². The van der Waals surface area contributed by atoms with Crippen molar-refractivity contribution in [3.05, 3.63) is 53.6 Å². The van der Waals surface area contributed by atoms with Crippen LogP contribution in [-0.4, -0.2) is 39.8 Å². The highest BCUT2D eigenvalue weighted by atomic mass is 32.2. The van der Waals surface area contributed by atoms with Gasteiger partial charge in [0.25, 0.3) is 5.91 Å². The van der Waals surface area contributed by atoms with Crippen molar-refractivity contribution in [3.63, 3.8) is 0 Å². The Hall–Kier alpha value is -2.74. The second-order valence-electron chi connectivity index (χ2n) is 7.97. The van der Waals surface area contributed by atoms with Crippen LogP contribution in [0.25, 0.3) is 0 Å². The Morgan fingerprint density at radius 3 is 2.47 bits per heavy atom. The van der Waals surface area contributed by atoms with Gasteiger partial charge in [-0.3, -0.25) is 9.10 Å². The molecule has 0 aromatic heterocycles. The molecule has 2 aromatic carbocycles. The summed E-state index contributed by atoms with van der Waals surface area (Å²) in [7, 11) is -1.77. The van der Waals surface area contributed by atoms with Crippen molar-refractivity contribution in [1.82, 2.24) is 5.32 Å². The molecule has 1 atom stereocenters. The topological polar surface area (TPSA) is 84.9 Å². The first-order valence-electron chi connectivity index (χ1n) is 9.79. The number of carbonyl (C=O) groups is 1. The van der Waals surface area contributed by atoms with Gasteiger partial charge in [0.05, 0.1) is 25.1 Å². The van der Waals surface area contributed by atoms with Crippen LogP contribution in [0.15, 0.2) is 42.5 Å². The predicted molar refractivity (Wildman–Crippen MR) is 117 cm³/mol. The highest BCUT2D eigenvalue weighted by molar-refractivity contribution is 7.92. The van der Waals surface area contributed by atoms with Gasteiger partial charge in [0.1, 0.15) is 17.1 Å². The standard InChI is InChI=1S/C22H28N2O5S/c1-6-24(30(5,26)27)16-9-7-15(8-10-16)21(25)23-19-14-22(2,3)29-20-13-17(28-4)11-12-18(19)20/h7-13,19H,6,14H2,1-5H3,(H,23,25)/t19-/m0/s1. The molecular weight excluding hydrogens is 404 g/mol.